The fraction of sp³-hybridized carbons (Fsp3) is 0.636. The predicted molar refractivity (Wildman–Crippen MR) is 108 cm³/mol. The number of fused-ring (bicyclic) bond motifs is 3. The Morgan fingerprint density at radius 3 is 2.86 bits per heavy atom. The Balaban J connectivity index is 1.30. The molecular formula is C22H30N4O2. The van der Waals surface area contributed by atoms with Crippen molar-refractivity contribution in [2.75, 3.05) is 19.7 Å². The Morgan fingerprint density at radius 1 is 1.14 bits per heavy atom. The molecule has 150 valence electrons. The molecule has 0 spiro atoms. The highest BCUT2D eigenvalue weighted by Gasteiger charge is 2.25. The molecular weight excluding hydrogens is 352 g/mol. The van der Waals surface area contributed by atoms with E-state index in [1.54, 1.807) is 0 Å². The summed E-state index contributed by atoms with van der Waals surface area (Å²) in [4.78, 5) is 20.0. The minimum absolute atomic E-state index is 0.0415. The molecule has 2 aromatic rings. The summed E-state index contributed by atoms with van der Waals surface area (Å²) in [7, 11) is 0. The van der Waals surface area contributed by atoms with Crippen molar-refractivity contribution in [1.82, 2.24) is 19.8 Å². The van der Waals surface area contributed by atoms with Gasteiger partial charge in [-0.1, -0.05) is 19.3 Å². The van der Waals surface area contributed by atoms with Crippen LogP contribution in [0.1, 0.15) is 61.1 Å². The summed E-state index contributed by atoms with van der Waals surface area (Å²) in [6.07, 6.45) is 8.68. The van der Waals surface area contributed by atoms with E-state index >= 15 is 0 Å². The molecule has 2 fully saturated rings. The summed E-state index contributed by atoms with van der Waals surface area (Å²) in [5.41, 5.74) is 2.80. The predicted octanol–water partition coefficient (Wildman–Crippen LogP) is 3.09. The summed E-state index contributed by atoms with van der Waals surface area (Å²) < 4.78 is 8.10. The van der Waals surface area contributed by atoms with Crippen molar-refractivity contribution >= 4 is 16.9 Å². The van der Waals surface area contributed by atoms with Crippen LogP contribution in [0.25, 0.3) is 11.0 Å². The zero-order chi connectivity index (χ0) is 18.9. The van der Waals surface area contributed by atoms with Crippen molar-refractivity contribution in [3.8, 4) is 0 Å². The molecule has 0 unspecified atom stereocenters. The normalized spacial score (nSPS) is 23.8. The van der Waals surface area contributed by atoms with E-state index in [1.807, 2.05) is 12.1 Å². The quantitative estimate of drug-likeness (QED) is 0.883. The van der Waals surface area contributed by atoms with Gasteiger partial charge < -0.3 is 14.6 Å². The van der Waals surface area contributed by atoms with Crippen molar-refractivity contribution in [2.45, 2.75) is 70.2 Å². The number of hydrogen-bond donors (Lipinski definition) is 1. The third-order valence-electron chi connectivity index (χ3n) is 6.52. The molecule has 3 heterocycles. The molecule has 6 heteroatoms. The summed E-state index contributed by atoms with van der Waals surface area (Å²) in [5, 5.41) is 3.21. The van der Waals surface area contributed by atoms with Gasteiger partial charge in [0.1, 0.15) is 5.82 Å². The van der Waals surface area contributed by atoms with Crippen LogP contribution in [0.5, 0.6) is 0 Å². The summed E-state index contributed by atoms with van der Waals surface area (Å²) in [6.45, 7) is 4.74. The number of carbonyl (C=O) groups is 1. The lowest BCUT2D eigenvalue weighted by Gasteiger charge is -2.29. The van der Waals surface area contributed by atoms with Crippen molar-refractivity contribution in [2.24, 2.45) is 0 Å². The third-order valence-corrected chi connectivity index (χ3v) is 6.52. The van der Waals surface area contributed by atoms with Gasteiger partial charge in [0.25, 0.3) is 5.91 Å². The topological polar surface area (TPSA) is 59.4 Å². The lowest BCUT2D eigenvalue weighted by atomic mass is 9.95. The fourth-order valence-electron chi connectivity index (χ4n) is 4.96. The van der Waals surface area contributed by atoms with Gasteiger partial charge >= 0.3 is 0 Å². The zero-order valence-corrected chi connectivity index (χ0v) is 16.5. The van der Waals surface area contributed by atoms with Crippen LogP contribution in [0.4, 0.5) is 0 Å². The molecule has 1 saturated carbocycles. The number of rotatable bonds is 4. The van der Waals surface area contributed by atoms with Gasteiger partial charge in [-0.3, -0.25) is 9.69 Å². The molecule has 1 aromatic heterocycles. The average molecular weight is 383 g/mol. The standard InChI is InChI=1S/C22H30N4O2/c27-22(23-17-5-2-1-3-6-17)16-8-9-20-19(13-16)24-21-15-25(10-11-26(20)21)14-18-7-4-12-28-18/h8-9,13,17-18H,1-7,10-12,14-15H2,(H,23,27)/t18-/m0/s1. The molecule has 0 bridgehead atoms. The van der Waals surface area contributed by atoms with E-state index in [0.29, 0.717) is 12.1 Å². The Kier molecular flexibility index (Phi) is 5.07. The maximum atomic E-state index is 12.7. The van der Waals surface area contributed by atoms with E-state index in [1.165, 1.54) is 32.1 Å². The first-order chi connectivity index (χ1) is 13.8. The first-order valence-electron chi connectivity index (χ1n) is 10.9. The minimum Gasteiger partial charge on any atom is -0.377 e. The maximum Gasteiger partial charge on any atom is 0.251 e. The lowest BCUT2D eigenvalue weighted by molar-refractivity contribution is 0.0636. The number of ether oxygens (including phenoxy) is 1. The Bertz CT molecular complexity index is 850. The summed E-state index contributed by atoms with van der Waals surface area (Å²) in [5.74, 6) is 1.14. The number of benzene rings is 1. The molecule has 1 aromatic carbocycles. The second-order valence-electron chi connectivity index (χ2n) is 8.56. The maximum absolute atomic E-state index is 12.7. The van der Waals surface area contributed by atoms with E-state index in [0.717, 1.165) is 68.0 Å². The Labute approximate surface area is 166 Å². The van der Waals surface area contributed by atoms with Gasteiger partial charge in [0.2, 0.25) is 0 Å². The van der Waals surface area contributed by atoms with E-state index in [9.17, 15) is 4.79 Å². The highest BCUT2D eigenvalue weighted by atomic mass is 16.5. The smallest absolute Gasteiger partial charge is 0.251 e. The fourth-order valence-corrected chi connectivity index (χ4v) is 4.96. The zero-order valence-electron chi connectivity index (χ0n) is 16.5. The first-order valence-corrected chi connectivity index (χ1v) is 10.9. The monoisotopic (exact) mass is 382 g/mol. The number of nitrogens with one attached hydrogen (secondary N) is 1. The van der Waals surface area contributed by atoms with Crippen molar-refractivity contribution < 1.29 is 9.53 Å². The average Bonchev–Trinajstić information content (AvgIpc) is 3.35. The molecule has 5 rings (SSSR count). The van der Waals surface area contributed by atoms with Crippen LogP contribution in [0.15, 0.2) is 18.2 Å². The summed E-state index contributed by atoms with van der Waals surface area (Å²) in [6, 6.07) is 6.31. The SMILES string of the molecule is O=C(NC1CCCCC1)c1ccc2c(c1)nc1n2CCN(C[C@@H]2CCCO2)C1. The number of hydrogen-bond acceptors (Lipinski definition) is 4. The van der Waals surface area contributed by atoms with Gasteiger partial charge in [-0.25, -0.2) is 4.98 Å². The molecule has 1 amide bonds. The second kappa shape index (κ2) is 7.84. The molecule has 28 heavy (non-hydrogen) atoms. The number of nitrogens with zero attached hydrogens (tertiary/aromatic N) is 3. The molecule has 3 aliphatic rings. The summed E-state index contributed by atoms with van der Waals surface area (Å²) >= 11 is 0. The van der Waals surface area contributed by atoms with Crippen LogP contribution in [0.3, 0.4) is 0 Å². The van der Waals surface area contributed by atoms with Crippen LogP contribution >= 0.6 is 0 Å². The van der Waals surface area contributed by atoms with E-state index in [2.05, 4.69) is 20.9 Å². The molecule has 1 saturated heterocycles. The molecule has 6 nitrogen and oxygen atoms in total. The van der Waals surface area contributed by atoms with E-state index in [4.69, 9.17) is 9.72 Å². The van der Waals surface area contributed by atoms with Crippen molar-refractivity contribution in [1.29, 1.82) is 0 Å². The van der Waals surface area contributed by atoms with Crippen molar-refractivity contribution in [3.63, 3.8) is 0 Å². The largest absolute Gasteiger partial charge is 0.377 e. The number of imidazole rings is 1. The van der Waals surface area contributed by atoms with Crippen molar-refractivity contribution in [3.05, 3.63) is 29.6 Å². The third kappa shape index (κ3) is 3.67. The van der Waals surface area contributed by atoms with Gasteiger partial charge in [-0.05, 0) is 43.9 Å². The molecule has 1 N–H and O–H groups in total. The number of amides is 1. The van der Waals surface area contributed by atoms with Crippen LogP contribution in [-0.4, -0.2) is 52.2 Å². The van der Waals surface area contributed by atoms with E-state index in [-0.39, 0.29) is 5.91 Å². The van der Waals surface area contributed by atoms with Crippen LogP contribution in [0, 0.1) is 0 Å². The number of aromatic nitrogens is 2. The lowest BCUT2D eigenvalue weighted by Crippen LogP contribution is -2.38. The van der Waals surface area contributed by atoms with Crippen LogP contribution in [-0.2, 0) is 17.8 Å². The Hall–Kier alpha value is -1.92. The van der Waals surface area contributed by atoms with Gasteiger partial charge in [-0.15, -0.1) is 0 Å². The first kappa shape index (κ1) is 18.1. The molecule has 2 aliphatic heterocycles. The van der Waals surface area contributed by atoms with Gasteiger partial charge in [0, 0.05) is 37.8 Å². The Morgan fingerprint density at radius 2 is 2.04 bits per heavy atom. The highest BCUT2D eigenvalue weighted by molar-refractivity contribution is 5.97. The van der Waals surface area contributed by atoms with Crippen LogP contribution < -0.4 is 5.32 Å². The number of carbonyl (C=O) groups excluding carboxylic acids is 1. The molecule has 1 atom stereocenters. The molecule has 1 aliphatic carbocycles. The van der Waals surface area contributed by atoms with Gasteiger partial charge in [-0.2, -0.15) is 0 Å². The molecule has 0 radical (unpaired) electrons. The minimum atomic E-state index is 0.0415. The highest BCUT2D eigenvalue weighted by Crippen LogP contribution is 2.24. The van der Waals surface area contributed by atoms with Gasteiger partial charge in [0.15, 0.2) is 0 Å². The van der Waals surface area contributed by atoms with Gasteiger partial charge in [0.05, 0.1) is 23.7 Å². The van der Waals surface area contributed by atoms with Crippen LogP contribution in [0.2, 0.25) is 0 Å². The van der Waals surface area contributed by atoms with E-state index < -0.39 is 0 Å². The second-order valence-corrected chi connectivity index (χ2v) is 8.56.